The number of nitrogens with zero attached hydrogens (tertiary/aromatic N) is 1. The molecule has 1 aromatic heterocycles. The number of aromatic nitrogens is 1. The van der Waals surface area contributed by atoms with Gasteiger partial charge in [-0.15, -0.1) is 24.0 Å². The highest BCUT2D eigenvalue weighted by molar-refractivity contribution is 7.83. The number of halogens is 1. The molecule has 0 atom stereocenters. The van der Waals surface area contributed by atoms with Gasteiger partial charge in [0.25, 0.3) is 0 Å². The Labute approximate surface area is 208 Å². The zero-order chi connectivity index (χ0) is 23.0. The zero-order valence-electron chi connectivity index (χ0n) is 19.4. The minimum absolute atomic E-state index is 0.345. The minimum atomic E-state index is 0.345. The van der Waals surface area contributed by atoms with Crippen molar-refractivity contribution >= 4 is 41.9 Å². The highest BCUT2D eigenvalue weighted by Gasteiger charge is 2.13. The quantitative estimate of drug-likeness (QED) is 0.127. The van der Waals surface area contributed by atoms with E-state index < -0.39 is 0 Å². The van der Waals surface area contributed by atoms with E-state index in [1.165, 1.54) is 94.8 Å². The second-order valence-electron chi connectivity index (χ2n) is 8.41. The van der Waals surface area contributed by atoms with E-state index in [9.17, 15) is 4.79 Å². The molecule has 0 saturated heterocycles. The average Bonchev–Trinajstić information content (AvgIpc) is 3.17. The van der Waals surface area contributed by atoms with Gasteiger partial charge in [-0.25, -0.2) is 4.98 Å². The lowest BCUT2D eigenvalue weighted by Crippen LogP contribution is -1.97. The number of thiazole rings is 1. The summed E-state index contributed by atoms with van der Waals surface area (Å²) in [5.41, 5.74) is 1.12. The number of thiol groups is 1. The van der Waals surface area contributed by atoms with Gasteiger partial charge < -0.3 is 4.74 Å². The number of benzene rings is 1. The molecular formula is C26H38ClNO2S2. The van der Waals surface area contributed by atoms with Crippen LogP contribution in [-0.2, 0) is 0 Å². The molecule has 6 heteroatoms. The number of carbonyl (C=O) groups is 1. The van der Waals surface area contributed by atoms with Crippen LogP contribution in [0.2, 0.25) is 5.02 Å². The lowest BCUT2D eigenvalue weighted by Gasteiger charge is -2.08. The van der Waals surface area contributed by atoms with Crippen LogP contribution >= 0.6 is 35.6 Å². The fraction of sp³-hybridized carbons (Fsp3) is 0.615. The van der Waals surface area contributed by atoms with Crippen LogP contribution in [0.1, 0.15) is 107 Å². The molecule has 2 rings (SSSR count). The van der Waals surface area contributed by atoms with Crippen molar-refractivity contribution in [3.63, 3.8) is 0 Å². The summed E-state index contributed by atoms with van der Waals surface area (Å²) in [6.07, 6.45) is 19.6. The SMILES string of the molecule is CCCCCCCCCCCCCCCCOc1ccc(Cl)c(-c2nc(C=O)c(S)s2)c1. The van der Waals surface area contributed by atoms with Gasteiger partial charge >= 0.3 is 0 Å². The fourth-order valence-corrected chi connectivity index (χ4v) is 5.19. The predicted octanol–water partition coefficient (Wildman–Crippen LogP) is 9.42. The molecular weight excluding hydrogens is 458 g/mol. The molecule has 0 amide bonds. The van der Waals surface area contributed by atoms with Gasteiger partial charge in [0.2, 0.25) is 0 Å². The molecule has 0 radical (unpaired) electrons. The number of unbranched alkanes of at least 4 members (excludes halogenated alkanes) is 13. The summed E-state index contributed by atoms with van der Waals surface area (Å²) in [5, 5.41) is 1.28. The van der Waals surface area contributed by atoms with Gasteiger partial charge in [-0.05, 0) is 24.6 Å². The monoisotopic (exact) mass is 495 g/mol. The van der Waals surface area contributed by atoms with E-state index in [-0.39, 0.29) is 0 Å². The molecule has 1 aromatic carbocycles. The van der Waals surface area contributed by atoms with Crippen molar-refractivity contribution in [2.24, 2.45) is 0 Å². The van der Waals surface area contributed by atoms with Crippen LogP contribution in [-0.4, -0.2) is 17.9 Å². The molecule has 0 unspecified atom stereocenters. The standard InChI is InChI=1S/C26H38ClNO2S2/c1-2-3-4-5-6-7-8-9-10-11-12-13-14-15-18-30-21-16-17-23(27)22(19-21)25-28-24(20-29)26(31)32-25/h16-17,19-20,31H,2-15,18H2,1H3. The number of ether oxygens (including phenoxy) is 1. The van der Waals surface area contributed by atoms with E-state index in [0.717, 1.165) is 17.7 Å². The molecule has 0 aliphatic rings. The van der Waals surface area contributed by atoms with Crippen LogP contribution in [0, 0.1) is 0 Å². The number of aldehydes is 1. The van der Waals surface area contributed by atoms with Crippen molar-refractivity contribution in [3.8, 4) is 16.3 Å². The van der Waals surface area contributed by atoms with Crippen LogP contribution < -0.4 is 4.74 Å². The second kappa shape index (κ2) is 16.6. The molecule has 0 N–H and O–H groups in total. The Morgan fingerprint density at radius 1 is 0.938 bits per heavy atom. The summed E-state index contributed by atoms with van der Waals surface area (Å²) in [4.78, 5) is 15.3. The molecule has 2 aromatic rings. The summed E-state index contributed by atoms with van der Waals surface area (Å²) in [7, 11) is 0. The number of carbonyl (C=O) groups excluding carboxylic acids is 1. The third-order valence-corrected chi connectivity index (χ3v) is 7.42. The average molecular weight is 496 g/mol. The lowest BCUT2D eigenvalue weighted by atomic mass is 10.0. The fourth-order valence-electron chi connectivity index (χ4n) is 3.76. The van der Waals surface area contributed by atoms with Crippen LogP contribution in [0.25, 0.3) is 10.6 Å². The Kier molecular flexibility index (Phi) is 14.1. The van der Waals surface area contributed by atoms with Crippen molar-refractivity contribution in [1.82, 2.24) is 4.98 Å². The molecule has 0 aliphatic heterocycles. The van der Waals surface area contributed by atoms with Crippen molar-refractivity contribution in [2.45, 2.75) is 101 Å². The third-order valence-electron chi connectivity index (χ3n) is 5.68. The van der Waals surface area contributed by atoms with Gasteiger partial charge in [-0.1, -0.05) is 102 Å². The molecule has 1 heterocycles. The zero-order valence-corrected chi connectivity index (χ0v) is 21.9. The van der Waals surface area contributed by atoms with E-state index >= 15 is 0 Å². The third kappa shape index (κ3) is 10.3. The summed E-state index contributed by atoms with van der Waals surface area (Å²) < 4.78 is 6.52. The van der Waals surface area contributed by atoms with Crippen molar-refractivity contribution in [1.29, 1.82) is 0 Å². The number of rotatable bonds is 18. The van der Waals surface area contributed by atoms with Gasteiger partial charge in [-0.2, -0.15) is 0 Å². The smallest absolute Gasteiger partial charge is 0.170 e. The van der Waals surface area contributed by atoms with E-state index in [1.807, 2.05) is 18.2 Å². The van der Waals surface area contributed by atoms with Gasteiger partial charge in [0.1, 0.15) is 16.5 Å². The summed E-state index contributed by atoms with van der Waals surface area (Å²) in [6.45, 7) is 2.98. The van der Waals surface area contributed by atoms with Gasteiger partial charge in [0, 0.05) is 5.56 Å². The van der Waals surface area contributed by atoms with Crippen LogP contribution in [0.3, 0.4) is 0 Å². The maximum absolute atomic E-state index is 11.0. The summed E-state index contributed by atoms with van der Waals surface area (Å²) in [5.74, 6) is 0.780. The molecule has 0 aliphatic carbocycles. The molecule has 178 valence electrons. The second-order valence-corrected chi connectivity index (χ2v) is 10.6. The summed E-state index contributed by atoms with van der Waals surface area (Å²) in [6, 6.07) is 5.59. The first-order valence-corrected chi connectivity index (χ1v) is 13.9. The van der Waals surface area contributed by atoms with Gasteiger partial charge in [-0.3, -0.25) is 4.79 Å². The predicted molar refractivity (Wildman–Crippen MR) is 141 cm³/mol. The Hall–Kier alpha value is -1.04. The topological polar surface area (TPSA) is 39.2 Å². The van der Waals surface area contributed by atoms with Crippen molar-refractivity contribution in [2.75, 3.05) is 6.61 Å². The first-order chi connectivity index (χ1) is 15.7. The maximum atomic E-state index is 11.0. The van der Waals surface area contributed by atoms with Gasteiger partial charge in [0.15, 0.2) is 6.29 Å². The Bertz CT molecular complexity index is 794. The van der Waals surface area contributed by atoms with Crippen LogP contribution in [0.4, 0.5) is 0 Å². The Balaban J connectivity index is 1.54. The normalized spacial score (nSPS) is 11.1. The van der Waals surface area contributed by atoms with Crippen molar-refractivity contribution < 1.29 is 9.53 Å². The largest absolute Gasteiger partial charge is 0.494 e. The number of hydrogen-bond donors (Lipinski definition) is 1. The van der Waals surface area contributed by atoms with E-state index in [1.54, 1.807) is 0 Å². The van der Waals surface area contributed by atoms with E-state index in [0.29, 0.717) is 32.8 Å². The van der Waals surface area contributed by atoms with E-state index in [2.05, 4.69) is 24.5 Å². The Morgan fingerprint density at radius 3 is 2.03 bits per heavy atom. The van der Waals surface area contributed by atoms with Crippen LogP contribution in [0.15, 0.2) is 22.4 Å². The molecule has 0 saturated carbocycles. The van der Waals surface area contributed by atoms with E-state index in [4.69, 9.17) is 16.3 Å². The molecule has 0 spiro atoms. The first-order valence-electron chi connectivity index (χ1n) is 12.2. The molecule has 0 bridgehead atoms. The highest BCUT2D eigenvalue weighted by Crippen LogP contribution is 2.36. The minimum Gasteiger partial charge on any atom is -0.494 e. The van der Waals surface area contributed by atoms with Gasteiger partial charge in [0.05, 0.1) is 15.8 Å². The lowest BCUT2D eigenvalue weighted by molar-refractivity contribution is 0.111. The molecule has 0 fully saturated rings. The summed E-state index contributed by atoms with van der Waals surface area (Å²) >= 11 is 12.0. The molecule has 32 heavy (non-hydrogen) atoms. The van der Waals surface area contributed by atoms with Crippen molar-refractivity contribution in [3.05, 3.63) is 28.9 Å². The Morgan fingerprint density at radius 2 is 1.50 bits per heavy atom. The molecule has 3 nitrogen and oxygen atoms in total. The number of hydrogen-bond acceptors (Lipinski definition) is 5. The highest BCUT2D eigenvalue weighted by atomic mass is 35.5. The van der Waals surface area contributed by atoms with Crippen LogP contribution in [0.5, 0.6) is 5.75 Å². The maximum Gasteiger partial charge on any atom is 0.170 e. The first kappa shape index (κ1) is 27.2.